The van der Waals surface area contributed by atoms with Crippen molar-refractivity contribution in [2.45, 2.75) is 24.3 Å². The van der Waals surface area contributed by atoms with E-state index in [9.17, 15) is 22.0 Å². The summed E-state index contributed by atoms with van der Waals surface area (Å²) in [6, 6.07) is 6.02. The summed E-state index contributed by atoms with van der Waals surface area (Å²) in [7, 11) is -4.05. The molecule has 1 N–H and O–H groups in total. The van der Waals surface area contributed by atoms with Gasteiger partial charge in [-0.25, -0.2) is 17.2 Å². The average molecular weight is 444 g/mol. The van der Waals surface area contributed by atoms with Gasteiger partial charge in [-0.3, -0.25) is 9.69 Å². The first-order valence-corrected chi connectivity index (χ1v) is 11.6. The van der Waals surface area contributed by atoms with Gasteiger partial charge >= 0.3 is 0 Å². The summed E-state index contributed by atoms with van der Waals surface area (Å²) in [4.78, 5) is 14.9. The molecule has 0 bridgehead atoms. The van der Waals surface area contributed by atoms with E-state index in [4.69, 9.17) is 0 Å². The van der Waals surface area contributed by atoms with Crippen LogP contribution in [-0.4, -0.2) is 62.3 Å². The van der Waals surface area contributed by atoms with Gasteiger partial charge in [0.05, 0.1) is 6.04 Å². The lowest BCUT2D eigenvalue weighted by atomic mass is 10.2. The Morgan fingerprint density at radius 3 is 2.55 bits per heavy atom. The molecule has 2 aromatic rings. The first-order valence-electron chi connectivity index (χ1n) is 9.28. The highest BCUT2D eigenvalue weighted by molar-refractivity contribution is 7.89. The summed E-state index contributed by atoms with van der Waals surface area (Å²) in [6.45, 7) is 3.28. The molecule has 2 heterocycles. The maximum absolute atomic E-state index is 13.9. The predicted molar refractivity (Wildman–Crippen MR) is 107 cm³/mol. The van der Waals surface area contributed by atoms with Crippen LogP contribution < -0.4 is 5.32 Å². The number of rotatable bonds is 7. The highest BCUT2D eigenvalue weighted by Gasteiger charge is 2.33. The van der Waals surface area contributed by atoms with Gasteiger partial charge < -0.3 is 5.32 Å². The molecule has 1 atom stereocenters. The molecule has 1 amide bonds. The zero-order valence-electron chi connectivity index (χ0n) is 16.0. The lowest BCUT2D eigenvalue weighted by Gasteiger charge is -2.36. The van der Waals surface area contributed by atoms with Crippen molar-refractivity contribution in [2.24, 2.45) is 0 Å². The molecular weight excluding hydrogens is 420 g/mol. The number of hydrogen-bond acceptors (Lipinski definition) is 5. The molecule has 6 nitrogen and oxygen atoms in total. The summed E-state index contributed by atoms with van der Waals surface area (Å²) in [5.74, 6) is -2.04. The van der Waals surface area contributed by atoms with Crippen molar-refractivity contribution in [3.8, 4) is 0 Å². The molecule has 0 spiro atoms. The largest absolute Gasteiger partial charge is 0.354 e. The Kier molecular flexibility index (Phi) is 6.99. The lowest BCUT2D eigenvalue weighted by Crippen LogP contribution is -2.55. The summed E-state index contributed by atoms with van der Waals surface area (Å²) in [5, 5.41) is 4.90. The number of nitrogens with one attached hydrogen (secondary N) is 1. The van der Waals surface area contributed by atoms with E-state index >= 15 is 0 Å². The van der Waals surface area contributed by atoms with E-state index in [0.29, 0.717) is 25.7 Å². The zero-order chi connectivity index (χ0) is 21.0. The third kappa shape index (κ3) is 5.19. The molecule has 1 saturated heterocycles. The van der Waals surface area contributed by atoms with Gasteiger partial charge in [0.15, 0.2) is 0 Å². The minimum atomic E-state index is -4.05. The van der Waals surface area contributed by atoms with Crippen LogP contribution >= 0.6 is 11.3 Å². The lowest BCUT2D eigenvalue weighted by molar-refractivity contribution is -0.126. The van der Waals surface area contributed by atoms with E-state index in [1.165, 1.54) is 9.18 Å². The van der Waals surface area contributed by atoms with E-state index in [1.807, 2.05) is 22.4 Å². The fourth-order valence-electron chi connectivity index (χ4n) is 3.23. The summed E-state index contributed by atoms with van der Waals surface area (Å²) < 4.78 is 53.5. The van der Waals surface area contributed by atoms with Crippen molar-refractivity contribution in [3.05, 3.63) is 52.2 Å². The van der Waals surface area contributed by atoms with Gasteiger partial charge in [0.1, 0.15) is 16.5 Å². The highest BCUT2D eigenvalue weighted by Crippen LogP contribution is 2.22. The van der Waals surface area contributed by atoms with Gasteiger partial charge in [-0.15, -0.1) is 11.3 Å². The predicted octanol–water partition coefficient (Wildman–Crippen LogP) is 2.08. The molecule has 1 fully saturated rings. The van der Waals surface area contributed by atoms with E-state index in [1.54, 1.807) is 18.3 Å². The summed E-state index contributed by atoms with van der Waals surface area (Å²) in [5.41, 5.74) is 0. The number of halogens is 2. The van der Waals surface area contributed by atoms with Crippen LogP contribution in [0, 0.1) is 11.6 Å². The number of sulfonamides is 1. The molecule has 3 rings (SSSR count). The molecule has 158 valence electrons. The van der Waals surface area contributed by atoms with Crippen molar-refractivity contribution < 1.29 is 22.0 Å². The Labute approximate surface area is 173 Å². The van der Waals surface area contributed by atoms with Crippen LogP contribution in [0.25, 0.3) is 0 Å². The standard InChI is InChI=1S/C19H23F2N3O3S2/c1-14(19(25)22-7-6-16-3-2-12-28-16)23-8-10-24(11-9-23)29(26,27)18-5-4-15(20)13-17(18)21/h2-5,12-14H,6-11H2,1H3,(H,22,25). The molecule has 10 heteroatoms. The fourth-order valence-corrected chi connectivity index (χ4v) is 5.41. The molecular formula is C19H23F2N3O3S2. The number of piperazine rings is 1. The molecule has 0 saturated carbocycles. The van der Waals surface area contributed by atoms with Crippen LogP contribution in [0.1, 0.15) is 11.8 Å². The second-order valence-corrected chi connectivity index (χ2v) is 9.75. The van der Waals surface area contributed by atoms with Crippen molar-refractivity contribution >= 4 is 27.3 Å². The van der Waals surface area contributed by atoms with Crippen molar-refractivity contribution in [3.63, 3.8) is 0 Å². The maximum Gasteiger partial charge on any atom is 0.246 e. The number of carbonyl (C=O) groups is 1. The van der Waals surface area contributed by atoms with Crippen LogP contribution in [0.15, 0.2) is 40.6 Å². The van der Waals surface area contributed by atoms with Gasteiger partial charge in [0, 0.05) is 43.7 Å². The third-order valence-corrected chi connectivity index (χ3v) is 7.83. The van der Waals surface area contributed by atoms with Crippen LogP contribution in [0.5, 0.6) is 0 Å². The number of benzene rings is 1. The second kappa shape index (κ2) is 9.29. The fraction of sp³-hybridized carbons (Fsp3) is 0.421. The molecule has 0 aliphatic carbocycles. The molecule has 29 heavy (non-hydrogen) atoms. The Morgan fingerprint density at radius 2 is 1.93 bits per heavy atom. The van der Waals surface area contributed by atoms with Crippen LogP contribution in [0.2, 0.25) is 0 Å². The van der Waals surface area contributed by atoms with E-state index in [-0.39, 0.29) is 19.0 Å². The second-order valence-electron chi connectivity index (χ2n) is 6.81. The van der Waals surface area contributed by atoms with Gasteiger partial charge in [0.25, 0.3) is 0 Å². The first kappa shape index (κ1) is 21.8. The molecule has 1 aliphatic heterocycles. The van der Waals surface area contributed by atoms with Gasteiger partial charge in [-0.05, 0) is 36.9 Å². The molecule has 1 aromatic carbocycles. The zero-order valence-corrected chi connectivity index (χ0v) is 17.6. The van der Waals surface area contributed by atoms with E-state index in [2.05, 4.69) is 5.32 Å². The molecule has 1 aliphatic rings. The minimum absolute atomic E-state index is 0.109. The molecule has 0 radical (unpaired) electrons. The number of amides is 1. The van der Waals surface area contributed by atoms with E-state index in [0.717, 1.165) is 18.6 Å². The van der Waals surface area contributed by atoms with Crippen LogP contribution in [0.3, 0.4) is 0 Å². The smallest absolute Gasteiger partial charge is 0.246 e. The Morgan fingerprint density at radius 1 is 1.21 bits per heavy atom. The Bertz CT molecular complexity index is 944. The first-order chi connectivity index (χ1) is 13.8. The van der Waals surface area contributed by atoms with Gasteiger partial charge in [0.2, 0.25) is 15.9 Å². The topological polar surface area (TPSA) is 69.7 Å². The third-order valence-electron chi connectivity index (χ3n) is 4.96. The SMILES string of the molecule is CC(C(=O)NCCc1cccs1)N1CCN(S(=O)(=O)c2ccc(F)cc2F)CC1. The average Bonchev–Trinajstić information content (AvgIpc) is 3.20. The van der Waals surface area contributed by atoms with Crippen LogP contribution in [0.4, 0.5) is 8.78 Å². The van der Waals surface area contributed by atoms with Crippen molar-refractivity contribution in [1.29, 1.82) is 0 Å². The number of nitrogens with zero attached hydrogens (tertiary/aromatic N) is 2. The summed E-state index contributed by atoms with van der Waals surface area (Å²) >= 11 is 1.64. The molecule has 1 aromatic heterocycles. The Balaban J connectivity index is 1.53. The quantitative estimate of drug-likeness (QED) is 0.712. The number of hydrogen-bond donors (Lipinski definition) is 1. The number of carbonyl (C=O) groups excluding carboxylic acids is 1. The summed E-state index contributed by atoms with van der Waals surface area (Å²) in [6.07, 6.45) is 0.769. The van der Waals surface area contributed by atoms with Crippen molar-refractivity contribution in [2.75, 3.05) is 32.7 Å². The minimum Gasteiger partial charge on any atom is -0.354 e. The van der Waals surface area contributed by atoms with Crippen LogP contribution in [-0.2, 0) is 21.2 Å². The van der Waals surface area contributed by atoms with Crippen molar-refractivity contribution in [1.82, 2.24) is 14.5 Å². The Hall–Kier alpha value is -1.88. The van der Waals surface area contributed by atoms with E-state index < -0.39 is 32.6 Å². The normalized spacial score (nSPS) is 17.2. The van der Waals surface area contributed by atoms with Gasteiger partial charge in [-0.1, -0.05) is 6.07 Å². The number of thiophene rings is 1. The monoisotopic (exact) mass is 443 g/mol. The van der Waals surface area contributed by atoms with Gasteiger partial charge in [-0.2, -0.15) is 4.31 Å². The maximum atomic E-state index is 13.9. The highest BCUT2D eigenvalue weighted by atomic mass is 32.2. The molecule has 1 unspecified atom stereocenters.